The van der Waals surface area contributed by atoms with Gasteiger partial charge in [0.2, 0.25) is 5.95 Å². The standard InChI is InChI=1S/C23H18F4N4O2/c1-33-16-8-4-12(5-9-16)14-10-17-19(18(32)11-14)20(13-2-6-15(24)7-3-13)31-22(28-17)29-21(30-31)23(25,26)27/h2-9,14,20H,10-11H2,1H3,(H,28,29,30)/t14-,20-/m0/s1. The number of ketones is 1. The number of benzene rings is 2. The zero-order valence-electron chi connectivity index (χ0n) is 17.4. The zero-order valence-corrected chi connectivity index (χ0v) is 17.4. The maximum absolute atomic E-state index is 13.5. The number of halogens is 4. The van der Waals surface area contributed by atoms with Crippen LogP contribution in [0.3, 0.4) is 0 Å². The van der Waals surface area contributed by atoms with E-state index >= 15 is 0 Å². The number of fused-ring (bicyclic) bond motifs is 1. The van der Waals surface area contributed by atoms with Gasteiger partial charge in [-0.3, -0.25) is 4.79 Å². The van der Waals surface area contributed by atoms with E-state index in [1.165, 1.54) is 24.3 Å². The van der Waals surface area contributed by atoms with Gasteiger partial charge in [0.15, 0.2) is 5.78 Å². The molecule has 1 aliphatic carbocycles. The van der Waals surface area contributed by atoms with Crippen LogP contribution in [0.15, 0.2) is 59.8 Å². The molecule has 1 aliphatic heterocycles. The zero-order chi connectivity index (χ0) is 23.3. The van der Waals surface area contributed by atoms with Gasteiger partial charge >= 0.3 is 6.18 Å². The molecule has 0 bridgehead atoms. The van der Waals surface area contributed by atoms with E-state index in [4.69, 9.17) is 4.74 Å². The molecule has 0 radical (unpaired) electrons. The van der Waals surface area contributed by atoms with Crippen LogP contribution in [-0.2, 0) is 11.0 Å². The molecule has 2 aliphatic rings. The van der Waals surface area contributed by atoms with Crippen molar-refractivity contribution >= 4 is 11.7 Å². The van der Waals surface area contributed by atoms with E-state index in [1.54, 1.807) is 19.2 Å². The first kappa shape index (κ1) is 21.2. The molecule has 0 fully saturated rings. The van der Waals surface area contributed by atoms with Crippen molar-refractivity contribution < 1.29 is 27.1 Å². The van der Waals surface area contributed by atoms with Crippen molar-refractivity contribution in [3.63, 3.8) is 0 Å². The van der Waals surface area contributed by atoms with E-state index in [0.717, 1.165) is 10.2 Å². The number of Topliss-reactive ketones (excluding diaryl/α,β-unsaturated/α-hetero) is 1. The summed E-state index contributed by atoms with van der Waals surface area (Å²) in [5.74, 6) is -1.62. The monoisotopic (exact) mass is 458 g/mol. The second kappa shape index (κ2) is 7.72. The minimum absolute atomic E-state index is 0.112. The highest BCUT2D eigenvalue weighted by molar-refractivity contribution is 6.00. The summed E-state index contributed by atoms with van der Waals surface area (Å²) >= 11 is 0. The summed E-state index contributed by atoms with van der Waals surface area (Å²) in [6.45, 7) is 0. The second-order valence-electron chi connectivity index (χ2n) is 7.97. The Hall–Kier alpha value is -3.69. The third-order valence-corrected chi connectivity index (χ3v) is 5.95. The van der Waals surface area contributed by atoms with Crippen molar-refractivity contribution in [1.82, 2.24) is 14.8 Å². The number of methoxy groups -OCH3 is 1. The Morgan fingerprint density at radius 2 is 1.70 bits per heavy atom. The van der Waals surface area contributed by atoms with Crippen LogP contribution in [-0.4, -0.2) is 27.7 Å². The van der Waals surface area contributed by atoms with Gasteiger partial charge in [0.25, 0.3) is 5.82 Å². The van der Waals surface area contributed by atoms with E-state index < -0.39 is 23.9 Å². The number of alkyl halides is 3. The highest BCUT2D eigenvalue weighted by Crippen LogP contribution is 2.45. The van der Waals surface area contributed by atoms with Crippen LogP contribution in [0.25, 0.3) is 0 Å². The highest BCUT2D eigenvalue weighted by atomic mass is 19.4. The Kier molecular flexibility index (Phi) is 4.95. The Morgan fingerprint density at radius 1 is 1.03 bits per heavy atom. The summed E-state index contributed by atoms with van der Waals surface area (Å²) in [4.78, 5) is 17.0. The van der Waals surface area contributed by atoms with Gasteiger partial charge in [0, 0.05) is 17.7 Å². The summed E-state index contributed by atoms with van der Waals surface area (Å²) in [5.41, 5.74) is 2.17. The third kappa shape index (κ3) is 3.75. The van der Waals surface area contributed by atoms with E-state index in [0.29, 0.717) is 29.0 Å². The number of hydrogen-bond acceptors (Lipinski definition) is 5. The number of carbonyl (C=O) groups excluding carboxylic acids is 1. The van der Waals surface area contributed by atoms with Gasteiger partial charge in [-0.25, -0.2) is 9.07 Å². The fourth-order valence-corrected chi connectivity index (χ4v) is 4.40. The molecule has 1 N–H and O–H groups in total. The fourth-order valence-electron chi connectivity index (χ4n) is 4.40. The van der Waals surface area contributed by atoms with Gasteiger partial charge in [0.1, 0.15) is 17.6 Å². The number of ether oxygens (including phenoxy) is 1. The van der Waals surface area contributed by atoms with E-state index in [-0.39, 0.29) is 24.1 Å². The van der Waals surface area contributed by atoms with Crippen LogP contribution >= 0.6 is 0 Å². The number of hydrogen-bond donors (Lipinski definition) is 1. The molecule has 0 unspecified atom stereocenters. The molecule has 170 valence electrons. The Labute approximate surface area is 185 Å². The van der Waals surface area contributed by atoms with Crippen molar-refractivity contribution in [3.8, 4) is 5.75 Å². The Balaban J connectivity index is 1.59. The maximum Gasteiger partial charge on any atom is 0.453 e. The van der Waals surface area contributed by atoms with Gasteiger partial charge in [-0.05, 0) is 47.7 Å². The van der Waals surface area contributed by atoms with Crippen molar-refractivity contribution in [2.24, 2.45) is 0 Å². The van der Waals surface area contributed by atoms with Crippen LogP contribution < -0.4 is 10.1 Å². The first-order valence-corrected chi connectivity index (χ1v) is 10.2. The number of aromatic nitrogens is 3. The summed E-state index contributed by atoms with van der Waals surface area (Å²) in [7, 11) is 1.56. The minimum Gasteiger partial charge on any atom is -0.497 e. The normalized spacial score (nSPS) is 20.2. The quantitative estimate of drug-likeness (QED) is 0.568. The molecular weight excluding hydrogens is 440 g/mol. The lowest BCUT2D eigenvalue weighted by molar-refractivity contribution is -0.145. The molecule has 6 nitrogen and oxygen atoms in total. The first-order chi connectivity index (χ1) is 15.7. The van der Waals surface area contributed by atoms with Gasteiger partial charge in [-0.15, -0.1) is 5.10 Å². The number of carbonyl (C=O) groups is 1. The molecular formula is C23H18F4N4O2. The number of allylic oxidation sites excluding steroid dienone is 2. The van der Waals surface area contributed by atoms with Gasteiger partial charge < -0.3 is 10.1 Å². The van der Waals surface area contributed by atoms with Crippen LogP contribution in [0, 0.1) is 5.82 Å². The molecule has 0 saturated heterocycles. The number of nitrogens with one attached hydrogen (secondary N) is 1. The highest BCUT2D eigenvalue weighted by Gasteiger charge is 2.43. The second-order valence-corrected chi connectivity index (χ2v) is 7.97. The molecule has 0 amide bonds. The topological polar surface area (TPSA) is 69.0 Å². The van der Waals surface area contributed by atoms with Crippen LogP contribution in [0.1, 0.15) is 41.8 Å². The number of anilines is 1. The van der Waals surface area contributed by atoms with Crippen molar-refractivity contribution in [1.29, 1.82) is 0 Å². The van der Waals surface area contributed by atoms with Crippen LogP contribution in [0.2, 0.25) is 0 Å². The van der Waals surface area contributed by atoms with Gasteiger partial charge in [-0.1, -0.05) is 24.3 Å². The fraction of sp³-hybridized carbons (Fsp3) is 0.261. The predicted molar refractivity (Wildman–Crippen MR) is 110 cm³/mol. The molecule has 5 rings (SSSR count). The van der Waals surface area contributed by atoms with E-state index in [9.17, 15) is 22.4 Å². The number of nitrogens with zero attached hydrogens (tertiary/aromatic N) is 3. The smallest absolute Gasteiger partial charge is 0.453 e. The number of rotatable bonds is 3. The molecule has 1 aromatic heterocycles. The summed E-state index contributed by atoms with van der Waals surface area (Å²) in [6, 6.07) is 11.7. The lowest BCUT2D eigenvalue weighted by Gasteiger charge is -2.35. The lowest BCUT2D eigenvalue weighted by Crippen LogP contribution is -2.33. The first-order valence-electron chi connectivity index (χ1n) is 10.2. The third-order valence-electron chi connectivity index (χ3n) is 5.95. The van der Waals surface area contributed by atoms with Gasteiger partial charge in [0.05, 0.1) is 7.11 Å². The molecule has 2 aromatic carbocycles. The van der Waals surface area contributed by atoms with Gasteiger partial charge in [-0.2, -0.15) is 18.2 Å². The van der Waals surface area contributed by atoms with Crippen LogP contribution in [0.4, 0.5) is 23.5 Å². The SMILES string of the molecule is COc1ccc([C@@H]2CC(=O)C3=C(C2)Nc2nc(C(F)(F)F)nn2[C@H]3c2ccc(F)cc2)cc1. The summed E-state index contributed by atoms with van der Waals surface area (Å²) < 4.78 is 59.8. The Morgan fingerprint density at radius 3 is 2.33 bits per heavy atom. The molecule has 10 heteroatoms. The average molecular weight is 458 g/mol. The average Bonchev–Trinajstić information content (AvgIpc) is 3.23. The predicted octanol–water partition coefficient (Wildman–Crippen LogP) is 4.86. The molecule has 0 saturated carbocycles. The largest absolute Gasteiger partial charge is 0.497 e. The summed E-state index contributed by atoms with van der Waals surface area (Å²) in [5, 5.41) is 6.55. The van der Waals surface area contributed by atoms with Crippen molar-refractivity contribution in [2.45, 2.75) is 31.0 Å². The van der Waals surface area contributed by atoms with Crippen molar-refractivity contribution in [2.75, 3.05) is 12.4 Å². The van der Waals surface area contributed by atoms with Crippen LogP contribution in [0.5, 0.6) is 5.75 Å². The summed E-state index contributed by atoms with van der Waals surface area (Å²) in [6.07, 6.45) is -4.17. The molecule has 2 heterocycles. The van der Waals surface area contributed by atoms with Crippen molar-refractivity contribution in [3.05, 3.63) is 82.6 Å². The lowest BCUT2D eigenvalue weighted by atomic mass is 9.78. The Bertz CT molecular complexity index is 1250. The molecule has 3 aromatic rings. The van der Waals surface area contributed by atoms with E-state index in [2.05, 4.69) is 15.4 Å². The maximum atomic E-state index is 13.5. The molecule has 33 heavy (non-hydrogen) atoms. The van der Waals surface area contributed by atoms with E-state index in [1.807, 2.05) is 12.1 Å². The molecule has 0 spiro atoms. The minimum atomic E-state index is -4.75. The molecule has 2 atom stereocenters.